The SMILES string of the molecule is COP(=O)(O)CC(/C=C(\C)Br)=C/C(Br)=C/Oc1ccc(O)c(C(C)C)c1. The van der Waals surface area contributed by atoms with E-state index in [1.165, 1.54) is 13.4 Å². The molecular formula is C18H23Br2O5P. The van der Waals surface area contributed by atoms with Gasteiger partial charge in [-0.05, 0) is 69.2 Å². The molecule has 1 aromatic carbocycles. The maximum absolute atomic E-state index is 11.8. The van der Waals surface area contributed by atoms with E-state index in [0.29, 0.717) is 15.8 Å². The third-order valence-electron chi connectivity index (χ3n) is 3.30. The van der Waals surface area contributed by atoms with E-state index in [4.69, 9.17) is 4.74 Å². The summed E-state index contributed by atoms with van der Waals surface area (Å²) in [6.45, 7) is 5.79. The molecule has 2 N–H and O–H groups in total. The molecule has 1 rings (SSSR count). The fraction of sp³-hybridized carbons (Fsp3) is 0.333. The number of phenols is 1. The summed E-state index contributed by atoms with van der Waals surface area (Å²) in [5.41, 5.74) is 1.38. The third kappa shape index (κ3) is 8.23. The average molecular weight is 510 g/mol. The van der Waals surface area contributed by atoms with Gasteiger partial charge in [-0.1, -0.05) is 29.8 Å². The Morgan fingerprint density at radius 3 is 2.50 bits per heavy atom. The summed E-state index contributed by atoms with van der Waals surface area (Å²) in [5.74, 6) is 0.973. The number of aromatic hydroxyl groups is 1. The third-order valence-corrected chi connectivity index (χ3v) is 5.28. The van der Waals surface area contributed by atoms with Gasteiger partial charge in [0.1, 0.15) is 17.8 Å². The molecule has 0 radical (unpaired) electrons. The van der Waals surface area contributed by atoms with Gasteiger partial charge in [-0.25, -0.2) is 0 Å². The highest BCUT2D eigenvalue weighted by Gasteiger charge is 2.18. The predicted octanol–water partition coefficient (Wildman–Crippen LogP) is 6.19. The van der Waals surface area contributed by atoms with Gasteiger partial charge in [-0.2, -0.15) is 0 Å². The van der Waals surface area contributed by atoms with Gasteiger partial charge in [-0.15, -0.1) is 0 Å². The van der Waals surface area contributed by atoms with Crippen LogP contribution in [-0.4, -0.2) is 23.3 Å². The van der Waals surface area contributed by atoms with E-state index in [9.17, 15) is 14.6 Å². The molecule has 0 spiro atoms. The van der Waals surface area contributed by atoms with Crippen LogP contribution in [0, 0.1) is 0 Å². The van der Waals surface area contributed by atoms with Crippen LogP contribution in [0.5, 0.6) is 11.5 Å². The first-order valence-corrected chi connectivity index (χ1v) is 11.2. The van der Waals surface area contributed by atoms with E-state index in [1.54, 1.807) is 30.4 Å². The molecule has 1 aromatic rings. The molecule has 1 atom stereocenters. The highest BCUT2D eigenvalue weighted by atomic mass is 79.9. The van der Waals surface area contributed by atoms with Gasteiger partial charge >= 0.3 is 7.60 Å². The highest BCUT2D eigenvalue weighted by Crippen LogP contribution is 2.43. The normalized spacial score (nSPS) is 15.9. The number of hydrogen-bond acceptors (Lipinski definition) is 4. The largest absolute Gasteiger partial charge is 0.508 e. The van der Waals surface area contributed by atoms with Crippen molar-refractivity contribution in [1.82, 2.24) is 0 Å². The quantitative estimate of drug-likeness (QED) is 0.248. The topological polar surface area (TPSA) is 76.0 Å². The summed E-state index contributed by atoms with van der Waals surface area (Å²) in [6.07, 6.45) is 4.75. The molecule has 0 saturated heterocycles. The molecule has 0 amide bonds. The van der Waals surface area contributed by atoms with Crippen LogP contribution in [0.4, 0.5) is 0 Å². The fourth-order valence-electron chi connectivity index (χ4n) is 2.09. The Morgan fingerprint density at radius 2 is 1.96 bits per heavy atom. The number of hydrogen-bond donors (Lipinski definition) is 2. The molecule has 0 aliphatic carbocycles. The minimum absolute atomic E-state index is 0.133. The van der Waals surface area contributed by atoms with Crippen molar-refractivity contribution in [3.63, 3.8) is 0 Å². The lowest BCUT2D eigenvalue weighted by Gasteiger charge is -2.11. The van der Waals surface area contributed by atoms with Crippen molar-refractivity contribution in [3.8, 4) is 11.5 Å². The number of allylic oxidation sites excluding steroid dienone is 5. The zero-order chi connectivity index (χ0) is 19.9. The maximum Gasteiger partial charge on any atom is 0.332 e. The molecule has 0 aromatic heterocycles. The lowest BCUT2D eigenvalue weighted by atomic mass is 10.0. The van der Waals surface area contributed by atoms with Gasteiger partial charge in [0.05, 0.1) is 10.6 Å². The maximum atomic E-state index is 11.8. The zero-order valence-electron chi connectivity index (χ0n) is 15.1. The number of halogens is 2. The first kappa shape index (κ1) is 23.2. The van der Waals surface area contributed by atoms with Crippen molar-refractivity contribution in [2.75, 3.05) is 13.3 Å². The van der Waals surface area contributed by atoms with Crippen LogP contribution in [0.3, 0.4) is 0 Å². The van der Waals surface area contributed by atoms with E-state index in [2.05, 4.69) is 36.4 Å². The summed E-state index contributed by atoms with van der Waals surface area (Å²) in [5, 5.41) is 9.85. The fourth-order valence-corrected chi connectivity index (χ4v) is 3.54. The van der Waals surface area contributed by atoms with Crippen LogP contribution in [0.1, 0.15) is 32.3 Å². The Bertz CT molecular complexity index is 765. The highest BCUT2D eigenvalue weighted by molar-refractivity contribution is 9.12. The first-order valence-electron chi connectivity index (χ1n) is 7.81. The summed E-state index contributed by atoms with van der Waals surface area (Å²) in [4.78, 5) is 9.69. The second kappa shape index (κ2) is 10.5. The van der Waals surface area contributed by atoms with Crippen molar-refractivity contribution >= 4 is 39.5 Å². The van der Waals surface area contributed by atoms with Crippen LogP contribution in [0.25, 0.3) is 0 Å². The van der Waals surface area contributed by atoms with Gasteiger partial charge < -0.3 is 19.3 Å². The lowest BCUT2D eigenvalue weighted by molar-refractivity contribution is 0.318. The Balaban J connectivity index is 3.02. The van der Waals surface area contributed by atoms with E-state index in [1.807, 2.05) is 20.8 Å². The smallest absolute Gasteiger partial charge is 0.332 e. The molecule has 8 heteroatoms. The van der Waals surface area contributed by atoms with E-state index in [0.717, 1.165) is 10.0 Å². The number of ether oxygens (including phenoxy) is 1. The molecule has 144 valence electrons. The second-order valence-electron chi connectivity index (χ2n) is 5.92. The number of benzene rings is 1. The van der Waals surface area contributed by atoms with Crippen molar-refractivity contribution in [2.24, 2.45) is 0 Å². The minimum atomic E-state index is -3.69. The lowest BCUT2D eigenvalue weighted by Crippen LogP contribution is -1.95. The zero-order valence-corrected chi connectivity index (χ0v) is 19.1. The van der Waals surface area contributed by atoms with Gasteiger partial charge in [0.15, 0.2) is 0 Å². The van der Waals surface area contributed by atoms with E-state index in [-0.39, 0.29) is 17.8 Å². The van der Waals surface area contributed by atoms with Crippen molar-refractivity contribution in [2.45, 2.75) is 26.7 Å². The number of rotatable bonds is 8. The second-order valence-corrected chi connectivity index (χ2v) is 10.0. The molecule has 0 bridgehead atoms. The van der Waals surface area contributed by atoms with Crippen LogP contribution < -0.4 is 4.74 Å². The molecule has 5 nitrogen and oxygen atoms in total. The first-order chi connectivity index (χ1) is 12.0. The summed E-state index contributed by atoms with van der Waals surface area (Å²) >= 11 is 6.69. The Kier molecular flexibility index (Phi) is 9.34. The average Bonchev–Trinajstić information content (AvgIpc) is 2.52. The standard InChI is InChI=1S/C18H23Br2O5P/c1-12(2)17-9-16(5-6-18(17)21)25-10-15(20)8-14(7-13(3)19)11-26(22,23)24-4/h5-10,12,21H,11H2,1-4H3,(H,22,23)/b13-7+,14-8+,15-10-. The summed E-state index contributed by atoms with van der Waals surface area (Å²) in [6, 6.07) is 5.03. The van der Waals surface area contributed by atoms with Crippen molar-refractivity contribution in [1.29, 1.82) is 0 Å². The van der Waals surface area contributed by atoms with Gasteiger partial charge in [0.25, 0.3) is 0 Å². The van der Waals surface area contributed by atoms with Crippen LogP contribution in [0.15, 0.2) is 51.2 Å². The Morgan fingerprint density at radius 1 is 1.31 bits per heavy atom. The molecule has 1 unspecified atom stereocenters. The Labute approximate surface area is 171 Å². The van der Waals surface area contributed by atoms with Crippen LogP contribution in [0.2, 0.25) is 0 Å². The van der Waals surface area contributed by atoms with Crippen LogP contribution in [-0.2, 0) is 9.09 Å². The van der Waals surface area contributed by atoms with Crippen LogP contribution >= 0.6 is 39.5 Å². The van der Waals surface area contributed by atoms with Crippen molar-refractivity contribution < 1.29 is 23.8 Å². The molecule has 0 saturated carbocycles. The summed E-state index contributed by atoms with van der Waals surface area (Å²) in [7, 11) is -2.49. The van der Waals surface area contributed by atoms with Gasteiger partial charge in [0.2, 0.25) is 0 Å². The van der Waals surface area contributed by atoms with Crippen molar-refractivity contribution in [3.05, 3.63) is 56.7 Å². The van der Waals surface area contributed by atoms with E-state index < -0.39 is 7.60 Å². The molecule has 0 aliphatic rings. The van der Waals surface area contributed by atoms with Gasteiger partial charge in [0, 0.05) is 12.7 Å². The molecule has 0 aliphatic heterocycles. The molecular weight excluding hydrogens is 487 g/mol. The number of phenolic OH excluding ortho intramolecular Hbond substituents is 1. The summed E-state index contributed by atoms with van der Waals surface area (Å²) < 4.78 is 23.5. The monoisotopic (exact) mass is 508 g/mol. The molecule has 0 heterocycles. The van der Waals surface area contributed by atoms with E-state index >= 15 is 0 Å². The molecule has 0 fully saturated rings. The Hall–Kier alpha value is -0.850. The minimum Gasteiger partial charge on any atom is -0.508 e. The molecule has 26 heavy (non-hydrogen) atoms. The van der Waals surface area contributed by atoms with Gasteiger partial charge in [-0.3, -0.25) is 4.57 Å². The predicted molar refractivity (Wildman–Crippen MR) is 112 cm³/mol.